The van der Waals surface area contributed by atoms with E-state index >= 15 is 0 Å². The van der Waals surface area contributed by atoms with Crippen molar-refractivity contribution in [2.24, 2.45) is 10.9 Å². The standard InChI is InChI=1S/C19H31N3OS.HI/c1-3-23-14-8-7-12-21-19(20-2)22-13-11-17(15-22)16-24-18-9-5-4-6-10-18;/h4-6,9-10,17H,3,7-8,11-16H2,1-2H3,(H,20,21);1H. The molecule has 0 amide bonds. The monoisotopic (exact) mass is 477 g/mol. The van der Waals surface area contributed by atoms with Crippen LogP contribution < -0.4 is 5.32 Å². The number of hydrogen-bond acceptors (Lipinski definition) is 3. The Kier molecular flexibility index (Phi) is 12.4. The van der Waals surface area contributed by atoms with Gasteiger partial charge in [0.25, 0.3) is 0 Å². The molecule has 0 aliphatic carbocycles. The van der Waals surface area contributed by atoms with Gasteiger partial charge in [-0.3, -0.25) is 4.99 Å². The lowest BCUT2D eigenvalue weighted by Gasteiger charge is -2.21. The fraction of sp³-hybridized carbons (Fsp3) is 0.632. The molecule has 0 aromatic heterocycles. The summed E-state index contributed by atoms with van der Waals surface area (Å²) in [6.07, 6.45) is 3.49. The topological polar surface area (TPSA) is 36.9 Å². The number of benzene rings is 1. The van der Waals surface area contributed by atoms with Crippen LogP contribution in [0.3, 0.4) is 0 Å². The highest BCUT2D eigenvalue weighted by atomic mass is 127. The number of guanidine groups is 1. The first kappa shape index (κ1) is 22.6. The minimum atomic E-state index is 0. The van der Waals surface area contributed by atoms with E-state index in [0.29, 0.717) is 0 Å². The molecule has 6 heteroatoms. The molecule has 1 unspecified atom stereocenters. The van der Waals surface area contributed by atoms with E-state index in [-0.39, 0.29) is 24.0 Å². The van der Waals surface area contributed by atoms with Gasteiger partial charge in [-0.2, -0.15) is 0 Å². The highest BCUT2D eigenvalue weighted by molar-refractivity contribution is 14.0. The van der Waals surface area contributed by atoms with Gasteiger partial charge >= 0.3 is 0 Å². The van der Waals surface area contributed by atoms with Gasteiger partial charge in [-0.25, -0.2) is 0 Å². The lowest BCUT2D eigenvalue weighted by molar-refractivity contribution is 0.143. The number of aliphatic imine (C=N–C) groups is 1. The number of rotatable bonds is 9. The number of likely N-dealkylation sites (tertiary alicyclic amines) is 1. The van der Waals surface area contributed by atoms with E-state index in [0.717, 1.165) is 57.6 Å². The molecule has 0 bridgehead atoms. The number of thioether (sulfide) groups is 1. The number of nitrogens with one attached hydrogen (secondary N) is 1. The van der Waals surface area contributed by atoms with E-state index in [1.807, 2.05) is 25.7 Å². The molecule has 0 saturated carbocycles. The maximum Gasteiger partial charge on any atom is 0.193 e. The molecular weight excluding hydrogens is 445 g/mol. The zero-order valence-electron chi connectivity index (χ0n) is 15.4. The zero-order chi connectivity index (χ0) is 17.0. The average molecular weight is 477 g/mol. The summed E-state index contributed by atoms with van der Waals surface area (Å²) in [6.45, 7) is 6.90. The zero-order valence-corrected chi connectivity index (χ0v) is 18.6. The van der Waals surface area contributed by atoms with Crippen LogP contribution in [0.4, 0.5) is 0 Å². The summed E-state index contributed by atoms with van der Waals surface area (Å²) in [7, 11) is 1.88. The van der Waals surface area contributed by atoms with Crippen LogP contribution in [0.15, 0.2) is 40.2 Å². The average Bonchev–Trinajstić information content (AvgIpc) is 3.09. The Labute approximate surface area is 174 Å². The summed E-state index contributed by atoms with van der Waals surface area (Å²) in [5.41, 5.74) is 0. The van der Waals surface area contributed by atoms with Gasteiger partial charge in [0.1, 0.15) is 0 Å². The minimum absolute atomic E-state index is 0. The third-order valence-corrected chi connectivity index (χ3v) is 5.47. The molecule has 1 aliphatic heterocycles. The first-order valence-corrected chi connectivity index (χ1v) is 10.0. The smallest absolute Gasteiger partial charge is 0.193 e. The lowest BCUT2D eigenvalue weighted by atomic mass is 10.2. The van der Waals surface area contributed by atoms with Gasteiger partial charge < -0.3 is 15.0 Å². The molecule has 142 valence electrons. The Balaban J connectivity index is 0.00000312. The van der Waals surface area contributed by atoms with Crippen molar-refractivity contribution >= 4 is 41.7 Å². The lowest BCUT2D eigenvalue weighted by Crippen LogP contribution is -2.40. The van der Waals surface area contributed by atoms with Crippen LogP contribution in [0, 0.1) is 5.92 Å². The fourth-order valence-electron chi connectivity index (χ4n) is 2.90. The molecule has 1 aromatic carbocycles. The molecule has 0 spiro atoms. The van der Waals surface area contributed by atoms with Gasteiger partial charge in [0, 0.05) is 50.5 Å². The van der Waals surface area contributed by atoms with Crippen LogP contribution in [0.5, 0.6) is 0 Å². The molecule has 1 fully saturated rings. The summed E-state index contributed by atoms with van der Waals surface area (Å²) >= 11 is 1.97. The van der Waals surface area contributed by atoms with E-state index < -0.39 is 0 Å². The molecule has 1 aromatic rings. The van der Waals surface area contributed by atoms with E-state index in [4.69, 9.17) is 4.74 Å². The number of nitrogens with zero attached hydrogens (tertiary/aromatic N) is 2. The van der Waals surface area contributed by atoms with Crippen LogP contribution in [0.2, 0.25) is 0 Å². The Hall–Kier alpha value is -0.470. The van der Waals surface area contributed by atoms with Crippen molar-refractivity contribution in [1.82, 2.24) is 10.2 Å². The second kappa shape index (κ2) is 13.7. The van der Waals surface area contributed by atoms with E-state index in [9.17, 15) is 0 Å². The van der Waals surface area contributed by atoms with Crippen molar-refractivity contribution in [3.63, 3.8) is 0 Å². The molecular formula is C19H32IN3OS. The largest absolute Gasteiger partial charge is 0.382 e. The Morgan fingerprint density at radius 2 is 2.12 bits per heavy atom. The maximum absolute atomic E-state index is 5.37. The highest BCUT2D eigenvalue weighted by Gasteiger charge is 2.24. The molecule has 2 rings (SSSR count). The SMILES string of the molecule is CCOCCCCNC(=NC)N1CCC(CSc2ccccc2)C1.I. The predicted octanol–water partition coefficient (Wildman–Crippen LogP) is 4.11. The second-order valence-electron chi connectivity index (χ2n) is 6.10. The Morgan fingerprint density at radius 3 is 2.84 bits per heavy atom. The van der Waals surface area contributed by atoms with Crippen LogP contribution in [-0.2, 0) is 4.74 Å². The van der Waals surface area contributed by atoms with Gasteiger partial charge in [0.15, 0.2) is 5.96 Å². The Bertz CT molecular complexity index is 487. The van der Waals surface area contributed by atoms with Crippen molar-refractivity contribution in [3.05, 3.63) is 30.3 Å². The summed E-state index contributed by atoms with van der Waals surface area (Å²) in [5.74, 6) is 2.98. The highest BCUT2D eigenvalue weighted by Crippen LogP contribution is 2.25. The summed E-state index contributed by atoms with van der Waals surface area (Å²) in [5, 5.41) is 3.50. The van der Waals surface area contributed by atoms with Crippen LogP contribution >= 0.6 is 35.7 Å². The maximum atomic E-state index is 5.37. The van der Waals surface area contributed by atoms with Crippen molar-refractivity contribution in [2.75, 3.05) is 45.6 Å². The van der Waals surface area contributed by atoms with Crippen LogP contribution in [-0.4, -0.2) is 56.5 Å². The predicted molar refractivity (Wildman–Crippen MR) is 119 cm³/mol. The third-order valence-electron chi connectivity index (χ3n) is 4.23. The number of unbranched alkanes of at least 4 members (excludes halogenated alkanes) is 1. The summed E-state index contributed by atoms with van der Waals surface area (Å²) in [6, 6.07) is 10.7. The third kappa shape index (κ3) is 8.64. The van der Waals surface area contributed by atoms with Crippen molar-refractivity contribution < 1.29 is 4.74 Å². The summed E-state index contributed by atoms with van der Waals surface area (Å²) in [4.78, 5) is 8.22. The molecule has 4 nitrogen and oxygen atoms in total. The van der Waals surface area contributed by atoms with Gasteiger partial charge in [-0.05, 0) is 44.2 Å². The number of hydrogen-bond donors (Lipinski definition) is 1. The number of halogens is 1. The molecule has 1 saturated heterocycles. The van der Waals surface area contributed by atoms with Crippen molar-refractivity contribution in [2.45, 2.75) is 31.1 Å². The van der Waals surface area contributed by atoms with Gasteiger partial charge in [0.05, 0.1) is 0 Å². The number of ether oxygens (including phenoxy) is 1. The van der Waals surface area contributed by atoms with Gasteiger partial charge in [-0.15, -0.1) is 35.7 Å². The quantitative estimate of drug-likeness (QED) is 0.191. The molecule has 0 radical (unpaired) electrons. The van der Waals surface area contributed by atoms with Crippen LogP contribution in [0.1, 0.15) is 26.2 Å². The fourth-order valence-corrected chi connectivity index (χ4v) is 3.95. The normalized spacial score (nSPS) is 17.4. The second-order valence-corrected chi connectivity index (χ2v) is 7.20. The van der Waals surface area contributed by atoms with E-state index in [2.05, 4.69) is 45.5 Å². The van der Waals surface area contributed by atoms with Crippen molar-refractivity contribution in [3.8, 4) is 0 Å². The molecule has 1 heterocycles. The van der Waals surface area contributed by atoms with E-state index in [1.54, 1.807) is 0 Å². The molecule has 1 N–H and O–H groups in total. The Morgan fingerprint density at radius 1 is 1.32 bits per heavy atom. The van der Waals surface area contributed by atoms with Crippen LogP contribution in [0.25, 0.3) is 0 Å². The first-order valence-electron chi connectivity index (χ1n) is 9.04. The minimum Gasteiger partial charge on any atom is -0.382 e. The van der Waals surface area contributed by atoms with Crippen molar-refractivity contribution in [1.29, 1.82) is 0 Å². The van der Waals surface area contributed by atoms with E-state index in [1.165, 1.54) is 17.1 Å². The van der Waals surface area contributed by atoms with Gasteiger partial charge in [-0.1, -0.05) is 18.2 Å². The molecule has 1 aliphatic rings. The molecule has 25 heavy (non-hydrogen) atoms. The van der Waals surface area contributed by atoms with Gasteiger partial charge in [0.2, 0.25) is 0 Å². The first-order chi connectivity index (χ1) is 11.8. The molecule has 1 atom stereocenters. The summed E-state index contributed by atoms with van der Waals surface area (Å²) < 4.78 is 5.37.